The number of ether oxygens (including phenoxy) is 4. The molecule has 36 heavy (non-hydrogen) atoms. The largest absolute Gasteiger partial charge is 0.461 e. The van der Waals surface area contributed by atoms with Crippen molar-refractivity contribution in [3.63, 3.8) is 0 Å². The van der Waals surface area contributed by atoms with Crippen LogP contribution in [0.5, 0.6) is 11.5 Å². The van der Waals surface area contributed by atoms with E-state index in [1.165, 1.54) is 33.1 Å². The van der Waals surface area contributed by atoms with Crippen LogP contribution in [-0.2, 0) is 19.1 Å². The van der Waals surface area contributed by atoms with Gasteiger partial charge in [0, 0.05) is 13.0 Å². The summed E-state index contributed by atoms with van der Waals surface area (Å²) >= 11 is 1.20. The topological polar surface area (TPSA) is 132 Å². The first kappa shape index (κ1) is 27.7. The highest BCUT2D eigenvalue weighted by atomic mass is 32.2. The second-order valence-corrected chi connectivity index (χ2v) is 10.9. The van der Waals surface area contributed by atoms with Crippen LogP contribution in [0.15, 0.2) is 18.2 Å². The Bertz CT molecular complexity index is 1120. The first-order chi connectivity index (χ1) is 17.1. The number of likely N-dealkylation sites (N-methyl/N-ethyl adjacent to an activating group) is 1. The summed E-state index contributed by atoms with van der Waals surface area (Å²) in [6.45, 7) is 5.52. The Hall–Kier alpha value is -2.91. The van der Waals surface area contributed by atoms with Gasteiger partial charge in [-0.1, -0.05) is 19.9 Å². The number of likely N-dealkylation sites (tertiary alicyclic amines) is 1. The first-order valence-corrected chi connectivity index (χ1v) is 12.9. The van der Waals surface area contributed by atoms with Crippen molar-refractivity contribution >= 4 is 45.8 Å². The molecule has 0 radical (unpaired) electrons. The second-order valence-electron chi connectivity index (χ2n) is 8.27. The van der Waals surface area contributed by atoms with E-state index in [4.69, 9.17) is 18.9 Å². The number of benzene rings is 1. The molecule has 12 heteroatoms. The molecule has 1 saturated heterocycles. The lowest BCUT2D eigenvalue weighted by Crippen LogP contribution is -2.67. The van der Waals surface area contributed by atoms with Gasteiger partial charge in [-0.2, -0.15) is 5.26 Å². The van der Waals surface area contributed by atoms with Crippen molar-refractivity contribution in [1.82, 2.24) is 4.90 Å². The van der Waals surface area contributed by atoms with E-state index >= 15 is 0 Å². The molecule has 10 nitrogen and oxygen atoms in total. The third kappa shape index (κ3) is 4.28. The normalized spacial score (nSPS) is 30.0. The Kier molecular flexibility index (Phi) is 8.15. The maximum Gasteiger partial charge on any atom is 0.369 e. The van der Waals surface area contributed by atoms with E-state index in [-0.39, 0.29) is 13.2 Å². The minimum atomic E-state index is -1.60. The van der Waals surface area contributed by atoms with Gasteiger partial charge in [0.15, 0.2) is 22.2 Å². The lowest BCUT2D eigenvalue weighted by molar-refractivity contribution is -0.151. The fraction of sp³-hybridized carbons (Fsp3) is 0.542. The molecule has 0 spiro atoms. The van der Waals surface area contributed by atoms with Crippen LogP contribution in [0.4, 0.5) is 9.59 Å². The van der Waals surface area contributed by atoms with Gasteiger partial charge in [-0.3, -0.25) is 9.59 Å². The number of hydrogen-bond acceptors (Lipinski definition) is 11. The van der Waals surface area contributed by atoms with Crippen LogP contribution in [0.1, 0.15) is 38.7 Å². The van der Waals surface area contributed by atoms with Crippen molar-refractivity contribution in [1.29, 1.82) is 5.26 Å². The molecule has 2 heterocycles. The van der Waals surface area contributed by atoms with Crippen molar-refractivity contribution < 1.29 is 38.1 Å². The van der Waals surface area contributed by atoms with Gasteiger partial charge in [-0.05, 0) is 54.6 Å². The Morgan fingerprint density at radius 3 is 2.33 bits per heavy atom. The molecule has 1 amide bonds. The summed E-state index contributed by atoms with van der Waals surface area (Å²) in [4.78, 5) is 52.1. The third-order valence-electron chi connectivity index (χ3n) is 6.69. The van der Waals surface area contributed by atoms with E-state index in [1.54, 1.807) is 18.2 Å². The zero-order valence-electron chi connectivity index (χ0n) is 20.9. The van der Waals surface area contributed by atoms with Crippen LogP contribution in [-0.4, -0.2) is 64.9 Å². The Morgan fingerprint density at radius 1 is 1.11 bits per heavy atom. The molecular formula is C24H28N2O8S2. The standard InChI is InChI=1S/C22H22N2O8S2.C2H6/c1-21(33-19(27)29-3)17(25)16-15(11-5-6-13-14(7-11)32-10-31-13)12(9-23)8-22(16,18(26)24(21)2)34-20(28)30-4;1-2/h5-7,12,15-16H,8,10H2,1-4H3;1-2H3/t12?,15-,16?,21?,22?;/m0./s1. The second kappa shape index (κ2) is 10.6. The van der Waals surface area contributed by atoms with Crippen LogP contribution in [0, 0.1) is 23.2 Å². The molecule has 2 aliphatic heterocycles. The molecule has 1 aliphatic carbocycles. The number of rotatable bonds is 3. The van der Waals surface area contributed by atoms with Crippen LogP contribution in [0.3, 0.4) is 0 Å². The van der Waals surface area contributed by atoms with Gasteiger partial charge in [-0.25, -0.2) is 9.59 Å². The Labute approximate surface area is 217 Å². The van der Waals surface area contributed by atoms with Gasteiger partial charge in [0.2, 0.25) is 12.7 Å². The van der Waals surface area contributed by atoms with Gasteiger partial charge in [0.25, 0.3) is 0 Å². The number of methoxy groups -OCH3 is 2. The highest BCUT2D eigenvalue weighted by Gasteiger charge is 2.70. The Balaban J connectivity index is 0.00000176. The zero-order chi connectivity index (χ0) is 26.8. The van der Waals surface area contributed by atoms with Gasteiger partial charge in [0.1, 0.15) is 4.75 Å². The molecule has 4 rings (SSSR count). The monoisotopic (exact) mass is 536 g/mol. The van der Waals surface area contributed by atoms with Gasteiger partial charge >= 0.3 is 10.6 Å². The number of nitrogens with zero attached hydrogens (tertiary/aromatic N) is 2. The molecule has 0 N–H and O–H groups in total. The van der Waals surface area contributed by atoms with Gasteiger partial charge in [-0.15, -0.1) is 0 Å². The van der Waals surface area contributed by atoms with Crippen molar-refractivity contribution in [3.8, 4) is 17.6 Å². The zero-order valence-corrected chi connectivity index (χ0v) is 22.5. The smallest absolute Gasteiger partial charge is 0.369 e. The summed E-state index contributed by atoms with van der Waals surface area (Å²) in [6.07, 6.45) is -0.0407. The fourth-order valence-corrected chi connectivity index (χ4v) is 7.07. The van der Waals surface area contributed by atoms with E-state index in [1.807, 2.05) is 13.8 Å². The number of nitriles is 1. The lowest BCUT2D eigenvalue weighted by atomic mass is 9.74. The summed E-state index contributed by atoms with van der Waals surface area (Å²) in [7, 11) is 3.77. The SMILES string of the molecule is CC.COC(=O)SC12CC(C#N)[C@H](c3ccc4c(c3)OCO4)C1C(=O)C(C)(SC(=O)OC)N(C)C2=O. The molecule has 0 aromatic heterocycles. The summed E-state index contributed by atoms with van der Waals surface area (Å²) < 4.78 is 18.8. The minimum absolute atomic E-state index is 0.0407. The van der Waals surface area contributed by atoms with Gasteiger partial charge < -0.3 is 23.8 Å². The number of hydrogen-bond donors (Lipinski definition) is 0. The van der Waals surface area contributed by atoms with E-state index in [0.717, 1.165) is 0 Å². The van der Waals surface area contributed by atoms with Crippen molar-refractivity contribution in [3.05, 3.63) is 23.8 Å². The molecule has 2 fully saturated rings. The Morgan fingerprint density at radius 2 is 1.72 bits per heavy atom. The lowest BCUT2D eigenvalue weighted by Gasteiger charge is -2.49. The number of fused-ring (bicyclic) bond motifs is 2. The number of ketones is 1. The molecule has 1 saturated carbocycles. The van der Waals surface area contributed by atoms with E-state index in [0.29, 0.717) is 40.6 Å². The predicted octanol–water partition coefficient (Wildman–Crippen LogP) is 4.18. The van der Waals surface area contributed by atoms with Crippen molar-refractivity contribution in [2.75, 3.05) is 28.1 Å². The van der Waals surface area contributed by atoms with E-state index in [2.05, 4.69) is 6.07 Å². The molecule has 4 unspecified atom stereocenters. The molecule has 5 atom stereocenters. The summed E-state index contributed by atoms with van der Waals surface area (Å²) in [6, 6.07) is 7.33. The average molecular weight is 537 g/mol. The molecule has 1 aromatic rings. The minimum Gasteiger partial charge on any atom is -0.461 e. The number of Topliss-reactive ketones (excluding diaryl/α,β-unsaturated/α-hetero) is 1. The summed E-state index contributed by atoms with van der Waals surface area (Å²) in [5.41, 5.74) is 0.601. The number of amides is 1. The van der Waals surface area contributed by atoms with Crippen LogP contribution in [0.25, 0.3) is 0 Å². The quantitative estimate of drug-likeness (QED) is 0.515. The van der Waals surface area contributed by atoms with Crippen LogP contribution in [0.2, 0.25) is 0 Å². The summed E-state index contributed by atoms with van der Waals surface area (Å²) in [5, 5.41) is 8.57. The van der Waals surface area contributed by atoms with E-state index < -0.39 is 49.7 Å². The van der Waals surface area contributed by atoms with Crippen molar-refractivity contribution in [2.24, 2.45) is 11.8 Å². The molecule has 0 bridgehead atoms. The highest BCUT2D eigenvalue weighted by Crippen LogP contribution is 2.62. The number of carbonyl (C=O) groups excluding carboxylic acids is 4. The van der Waals surface area contributed by atoms with Crippen LogP contribution >= 0.6 is 23.5 Å². The fourth-order valence-electron chi connectivity index (χ4n) is 4.96. The number of carbonyl (C=O) groups is 4. The summed E-state index contributed by atoms with van der Waals surface area (Å²) in [5.74, 6) is -2.59. The molecular weight excluding hydrogens is 508 g/mol. The predicted molar refractivity (Wildman–Crippen MR) is 133 cm³/mol. The molecule has 1 aromatic carbocycles. The van der Waals surface area contributed by atoms with Crippen LogP contribution < -0.4 is 9.47 Å². The third-order valence-corrected chi connectivity index (χ3v) is 9.19. The van der Waals surface area contributed by atoms with E-state index in [9.17, 15) is 24.4 Å². The maximum absolute atomic E-state index is 14.1. The molecule has 3 aliphatic rings. The number of thioether (sulfide) groups is 2. The maximum atomic E-state index is 14.1. The molecule has 194 valence electrons. The van der Waals surface area contributed by atoms with Crippen molar-refractivity contribution in [2.45, 2.75) is 42.7 Å². The number of piperidine rings is 1. The average Bonchev–Trinajstić information content (AvgIpc) is 3.49. The highest BCUT2D eigenvalue weighted by molar-refractivity contribution is 8.15. The first-order valence-electron chi connectivity index (χ1n) is 11.3. The van der Waals surface area contributed by atoms with Gasteiger partial charge in [0.05, 0.1) is 32.1 Å².